The van der Waals surface area contributed by atoms with Crippen molar-refractivity contribution in [3.05, 3.63) is 71.6 Å². The Morgan fingerprint density at radius 1 is 1.03 bits per heavy atom. The van der Waals surface area contributed by atoms with E-state index in [1.54, 1.807) is 32.4 Å². The third kappa shape index (κ3) is 4.58. The third-order valence-electron chi connectivity index (χ3n) is 5.05. The van der Waals surface area contributed by atoms with Crippen molar-refractivity contribution in [1.82, 2.24) is 4.31 Å². The molecule has 2 aromatic carbocycles. The Morgan fingerprint density at radius 2 is 1.66 bits per heavy atom. The molecule has 1 aliphatic heterocycles. The second-order valence-electron chi connectivity index (χ2n) is 7.90. The number of allylic oxidation sites excluding steroid dienone is 1. The van der Waals surface area contributed by atoms with Crippen LogP contribution in [0, 0.1) is 12.8 Å². The Kier molecular flexibility index (Phi) is 6.22. The minimum atomic E-state index is -3.71. The molecule has 0 aliphatic carbocycles. The van der Waals surface area contributed by atoms with Gasteiger partial charge in [0, 0.05) is 0 Å². The van der Waals surface area contributed by atoms with E-state index in [2.05, 4.69) is 13.8 Å². The van der Waals surface area contributed by atoms with E-state index in [9.17, 15) is 8.42 Å². The number of nitrogens with zero attached hydrogens (tertiary/aromatic N) is 1. The molecule has 5 nitrogen and oxygen atoms in total. The van der Waals surface area contributed by atoms with Crippen LogP contribution in [0.3, 0.4) is 0 Å². The largest absolute Gasteiger partial charge is 0.497 e. The quantitative estimate of drug-likeness (QED) is 0.663. The Balaban J connectivity index is 2.06. The maximum atomic E-state index is 13.5. The Morgan fingerprint density at radius 3 is 2.21 bits per heavy atom. The van der Waals surface area contributed by atoms with Gasteiger partial charge in [-0.05, 0) is 56.0 Å². The zero-order valence-electron chi connectivity index (χ0n) is 17.6. The molecule has 1 aliphatic rings. The van der Waals surface area contributed by atoms with Gasteiger partial charge in [-0.3, -0.25) is 4.31 Å². The van der Waals surface area contributed by atoms with Crippen LogP contribution in [0.4, 0.5) is 0 Å². The first-order valence-corrected chi connectivity index (χ1v) is 11.3. The Hall–Kier alpha value is -2.47. The minimum absolute atomic E-state index is 0.288. The molecule has 1 heterocycles. The van der Waals surface area contributed by atoms with Gasteiger partial charge in [0.25, 0.3) is 10.0 Å². The van der Waals surface area contributed by atoms with E-state index in [0.29, 0.717) is 18.1 Å². The minimum Gasteiger partial charge on any atom is -0.497 e. The van der Waals surface area contributed by atoms with Crippen molar-refractivity contribution in [2.24, 2.45) is 5.92 Å². The highest BCUT2D eigenvalue weighted by Crippen LogP contribution is 2.38. The van der Waals surface area contributed by atoms with Gasteiger partial charge in [-0.1, -0.05) is 43.7 Å². The van der Waals surface area contributed by atoms with Crippen LogP contribution in [0.15, 0.2) is 65.4 Å². The fourth-order valence-corrected chi connectivity index (χ4v) is 5.16. The third-order valence-corrected chi connectivity index (χ3v) is 6.85. The monoisotopic (exact) mass is 415 g/mol. The summed E-state index contributed by atoms with van der Waals surface area (Å²) in [4.78, 5) is 0.288. The average molecular weight is 416 g/mol. The van der Waals surface area contributed by atoms with E-state index in [-0.39, 0.29) is 10.9 Å². The molecule has 0 saturated heterocycles. The van der Waals surface area contributed by atoms with Crippen LogP contribution in [0.1, 0.15) is 44.4 Å². The molecule has 3 rings (SSSR count). The summed E-state index contributed by atoms with van der Waals surface area (Å²) in [6.07, 6.45) is 1.89. The molecule has 0 aromatic heterocycles. The lowest BCUT2D eigenvalue weighted by molar-refractivity contribution is 0.0300. The summed E-state index contributed by atoms with van der Waals surface area (Å²) in [5, 5.41) is 0. The number of rotatable bonds is 6. The lowest BCUT2D eigenvalue weighted by Gasteiger charge is -2.40. The van der Waals surface area contributed by atoms with Crippen molar-refractivity contribution in [2.45, 2.75) is 51.2 Å². The number of benzene rings is 2. The van der Waals surface area contributed by atoms with Crippen molar-refractivity contribution in [2.75, 3.05) is 7.11 Å². The van der Waals surface area contributed by atoms with Crippen LogP contribution >= 0.6 is 0 Å². The number of methoxy groups -OCH3 is 1. The molecule has 0 fully saturated rings. The van der Waals surface area contributed by atoms with E-state index in [0.717, 1.165) is 16.9 Å². The first-order chi connectivity index (χ1) is 13.7. The normalized spacial score (nSPS) is 19.7. The molecule has 6 heteroatoms. The van der Waals surface area contributed by atoms with Gasteiger partial charge in [-0.15, -0.1) is 0 Å². The first-order valence-electron chi connectivity index (χ1n) is 9.81. The Labute approximate surface area is 174 Å². The van der Waals surface area contributed by atoms with E-state index in [1.165, 1.54) is 4.31 Å². The highest BCUT2D eigenvalue weighted by molar-refractivity contribution is 7.89. The summed E-state index contributed by atoms with van der Waals surface area (Å²) in [6.45, 7) is 7.91. The van der Waals surface area contributed by atoms with E-state index >= 15 is 0 Å². The predicted molar refractivity (Wildman–Crippen MR) is 114 cm³/mol. The van der Waals surface area contributed by atoms with E-state index in [4.69, 9.17) is 9.47 Å². The molecule has 0 N–H and O–H groups in total. The molecule has 2 atom stereocenters. The van der Waals surface area contributed by atoms with Crippen LogP contribution < -0.4 is 4.74 Å². The van der Waals surface area contributed by atoms with Gasteiger partial charge in [0.15, 0.2) is 0 Å². The summed E-state index contributed by atoms with van der Waals surface area (Å²) in [6, 6.07) is 14.2. The Bertz CT molecular complexity index is 963. The highest BCUT2D eigenvalue weighted by atomic mass is 32.2. The zero-order valence-corrected chi connectivity index (χ0v) is 18.4. The van der Waals surface area contributed by atoms with Crippen LogP contribution in [0.25, 0.3) is 0 Å². The van der Waals surface area contributed by atoms with Gasteiger partial charge in [-0.2, -0.15) is 0 Å². The SMILES string of the molecule is COc1ccc([C@H]2OC(C)=CN(S(=O)(=O)c3ccc(C)cc3)[C@H]2CC(C)C)cc1. The fraction of sp³-hybridized carbons (Fsp3) is 0.391. The maximum absolute atomic E-state index is 13.5. The topological polar surface area (TPSA) is 55.8 Å². The molecule has 156 valence electrons. The van der Waals surface area contributed by atoms with Gasteiger partial charge in [0.2, 0.25) is 0 Å². The van der Waals surface area contributed by atoms with E-state index in [1.807, 2.05) is 43.3 Å². The van der Waals surface area contributed by atoms with Crippen molar-refractivity contribution < 1.29 is 17.9 Å². The second-order valence-corrected chi connectivity index (χ2v) is 9.74. The number of sulfonamides is 1. The lowest BCUT2D eigenvalue weighted by Crippen LogP contribution is -2.44. The summed E-state index contributed by atoms with van der Waals surface area (Å²) in [7, 11) is -2.09. The molecular formula is C23H29NO4S. The van der Waals surface area contributed by atoms with E-state index < -0.39 is 16.1 Å². The zero-order chi connectivity index (χ0) is 21.2. The number of ether oxygens (including phenoxy) is 2. The standard InChI is InChI=1S/C23H29NO4S/c1-16(2)14-22-23(19-8-10-20(27-5)11-9-19)28-18(4)15-24(22)29(25,26)21-12-6-17(3)7-13-21/h6-13,15-16,22-23H,14H2,1-5H3/t22-,23+/m0/s1. The molecule has 0 saturated carbocycles. The van der Waals surface area contributed by atoms with Gasteiger partial charge >= 0.3 is 0 Å². The number of hydrogen-bond donors (Lipinski definition) is 0. The van der Waals surface area contributed by atoms with Gasteiger partial charge in [0.1, 0.15) is 17.6 Å². The van der Waals surface area contributed by atoms with Crippen LogP contribution in [-0.2, 0) is 14.8 Å². The van der Waals surface area contributed by atoms with Crippen LogP contribution in [0.2, 0.25) is 0 Å². The molecular weight excluding hydrogens is 386 g/mol. The van der Waals surface area contributed by atoms with Crippen LogP contribution in [-0.4, -0.2) is 25.9 Å². The molecule has 0 spiro atoms. The first kappa shape index (κ1) is 21.2. The summed E-state index contributed by atoms with van der Waals surface area (Å²) in [5.74, 6) is 1.62. The summed E-state index contributed by atoms with van der Waals surface area (Å²) in [5.41, 5.74) is 1.94. The van der Waals surface area contributed by atoms with Crippen LogP contribution in [0.5, 0.6) is 5.75 Å². The molecule has 0 bridgehead atoms. The van der Waals surface area contributed by atoms with Crippen molar-refractivity contribution in [1.29, 1.82) is 0 Å². The predicted octanol–water partition coefficient (Wildman–Crippen LogP) is 5.04. The number of hydrogen-bond acceptors (Lipinski definition) is 4. The van der Waals surface area contributed by atoms with Crippen molar-refractivity contribution in [3.8, 4) is 5.75 Å². The second kappa shape index (κ2) is 8.49. The summed E-state index contributed by atoms with van der Waals surface area (Å²) < 4.78 is 39.9. The highest BCUT2D eigenvalue weighted by Gasteiger charge is 2.39. The lowest BCUT2D eigenvalue weighted by atomic mass is 9.93. The van der Waals surface area contributed by atoms with Gasteiger partial charge in [0.05, 0.1) is 24.2 Å². The molecule has 29 heavy (non-hydrogen) atoms. The fourth-order valence-electron chi connectivity index (χ4n) is 3.59. The van der Waals surface area contributed by atoms with Gasteiger partial charge in [-0.25, -0.2) is 8.42 Å². The van der Waals surface area contributed by atoms with Gasteiger partial charge < -0.3 is 9.47 Å². The molecule has 0 unspecified atom stereocenters. The molecule has 2 aromatic rings. The molecule has 0 radical (unpaired) electrons. The average Bonchev–Trinajstić information content (AvgIpc) is 2.69. The maximum Gasteiger partial charge on any atom is 0.264 e. The van der Waals surface area contributed by atoms with Crippen molar-refractivity contribution in [3.63, 3.8) is 0 Å². The summed E-state index contributed by atoms with van der Waals surface area (Å²) >= 11 is 0. The number of aryl methyl sites for hydroxylation is 1. The smallest absolute Gasteiger partial charge is 0.264 e. The molecule has 0 amide bonds. The van der Waals surface area contributed by atoms with Crippen molar-refractivity contribution >= 4 is 10.0 Å².